The van der Waals surface area contributed by atoms with Gasteiger partial charge in [0.15, 0.2) is 0 Å². The number of carbonyl (C=O) groups excluding carboxylic acids is 2. The number of nitrogens with one attached hydrogen (secondary N) is 3. The number of piperidine rings is 1. The molecular weight excluding hydrogens is 310 g/mol. The maximum Gasteiger partial charge on any atom is 0.258 e. The van der Waals surface area contributed by atoms with E-state index in [4.69, 9.17) is 0 Å². The molecule has 0 aromatic carbocycles. The summed E-state index contributed by atoms with van der Waals surface area (Å²) in [4.78, 5) is 46.0. The lowest BCUT2D eigenvalue weighted by atomic mass is 9.92. The van der Waals surface area contributed by atoms with E-state index in [1.54, 1.807) is 6.92 Å². The Morgan fingerprint density at radius 1 is 1.42 bits per heavy atom. The van der Waals surface area contributed by atoms with Gasteiger partial charge in [-0.2, -0.15) is 4.98 Å². The van der Waals surface area contributed by atoms with E-state index in [0.29, 0.717) is 18.4 Å². The van der Waals surface area contributed by atoms with Gasteiger partial charge in [-0.05, 0) is 25.7 Å². The monoisotopic (exact) mass is 333 g/mol. The minimum Gasteiger partial charge on any atom is -0.356 e. The molecule has 3 N–H and O–H groups in total. The van der Waals surface area contributed by atoms with Gasteiger partial charge in [-0.15, -0.1) is 0 Å². The maximum absolute atomic E-state index is 12.6. The fourth-order valence-corrected chi connectivity index (χ4v) is 3.41. The van der Waals surface area contributed by atoms with Crippen LogP contribution >= 0.6 is 0 Å². The van der Waals surface area contributed by atoms with Gasteiger partial charge < -0.3 is 15.5 Å². The van der Waals surface area contributed by atoms with Crippen LogP contribution in [-0.4, -0.2) is 41.4 Å². The SMILES string of the molecule is CCNC(=O)[C@@H]1CC(=O)Nc2nc(N3CCC[C@@H](C)C3)[nH]c(=O)c21. The summed E-state index contributed by atoms with van der Waals surface area (Å²) < 4.78 is 0. The van der Waals surface area contributed by atoms with Gasteiger partial charge in [0.2, 0.25) is 17.8 Å². The average molecular weight is 333 g/mol. The summed E-state index contributed by atoms with van der Waals surface area (Å²) in [6.07, 6.45) is 2.15. The van der Waals surface area contributed by atoms with Gasteiger partial charge in [-0.25, -0.2) is 0 Å². The van der Waals surface area contributed by atoms with Crippen LogP contribution in [0, 0.1) is 5.92 Å². The molecule has 3 rings (SSSR count). The lowest BCUT2D eigenvalue weighted by Crippen LogP contribution is -2.41. The molecule has 0 radical (unpaired) electrons. The van der Waals surface area contributed by atoms with Crippen molar-refractivity contribution in [3.8, 4) is 0 Å². The van der Waals surface area contributed by atoms with Crippen LogP contribution < -0.4 is 21.1 Å². The molecule has 8 nitrogen and oxygen atoms in total. The molecule has 0 saturated carbocycles. The highest BCUT2D eigenvalue weighted by Crippen LogP contribution is 2.30. The number of likely N-dealkylation sites (N-methyl/N-ethyl adjacent to an activating group) is 1. The first-order valence-corrected chi connectivity index (χ1v) is 8.46. The van der Waals surface area contributed by atoms with E-state index >= 15 is 0 Å². The topological polar surface area (TPSA) is 107 Å². The second-order valence-corrected chi connectivity index (χ2v) is 6.54. The molecule has 0 bridgehead atoms. The number of H-pyrrole nitrogens is 1. The van der Waals surface area contributed by atoms with Gasteiger partial charge in [0.05, 0.1) is 11.5 Å². The first kappa shape index (κ1) is 16.5. The van der Waals surface area contributed by atoms with Gasteiger partial charge in [0.1, 0.15) is 5.82 Å². The third kappa shape index (κ3) is 3.13. The van der Waals surface area contributed by atoms with Gasteiger partial charge in [-0.3, -0.25) is 19.4 Å². The van der Waals surface area contributed by atoms with Crippen LogP contribution in [0.5, 0.6) is 0 Å². The van der Waals surface area contributed by atoms with Crippen molar-refractivity contribution in [3.63, 3.8) is 0 Å². The van der Waals surface area contributed by atoms with E-state index < -0.39 is 5.92 Å². The van der Waals surface area contributed by atoms with Crippen molar-refractivity contribution in [1.82, 2.24) is 15.3 Å². The summed E-state index contributed by atoms with van der Waals surface area (Å²) in [6, 6.07) is 0. The normalized spacial score (nSPS) is 23.4. The molecule has 2 aliphatic heterocycles. The second-order valence-electron chi connectivity index (χ2n) is 6.54. The van der Waals surface area contributed by atoms with Crippen LogP contribution in [0.4, 0.5) is 11.8 Å². The highest BCUT2D eigenvalue weighted by atomic mass is 16.2. The van der Waals surface area contributed by atoms with Crippen molar-refractivity contribution in [2.75, 3.05) is 29.9 Å². The number of rotatable bonds is 3. The molecule has 2 aliphatic rings. The summed E-state index contributed by atoms with van der Waals surface area (Å²) in [5.41, 5.74) is -0.112. The highest BCUT2D eigenvalue weighted by molar-refractivity contribution is 6.00. The largest absolute Gasteiger partial charge is 0.356 e. The van der Waals surface area contributed by atoms with Gasteiger partial charge >= 0.3 is 0 Å². The highest BCUT2D eigenvalue weighted by Gasteiger charge is 2.35. The fourth-order valence-electron chi connectivity index (χ4n) is 3.41. The quantitative estimate of drug-likeness (QED) is 0.749. The first-order chi connectivity index (χ1) is 11.5. The summed E-state index contributed by atoms with van der Waals surface area (Å²) in [5, 5.41) is 5.32. The number of anilines is 2. The maximum atomic E-state index is 12.6. The Bertz CT molecular complexity index is 714. The Morgan fingerprint density at radius 2 is 2.21 bits per heavy atom. The van der Waals surface area contributed by atoms with Crippen molar-refractivity contribution in [2.45, 2.75) is 39.0 Å². The lowest BCUT2D eigenvalue weighted by molar-refractivity contribution is -0.126. The van der Waals surface area contributed by atoms with Crippen LogP contribution in [-0.2, 0) is 9.59 Å². The lowest BCUT2D eigenvalue weighted by Gasteiger charge is -2.32. The molecule has 0 aliphatic carbocycles. The zero-order valence-corrected chi connectivity index (χ0v) is 14.0. The van der Waals surface area contributed by atoms with Crippen molar-refractivity contribution >= 4 is 23.6 Å². The van der Waals surface area contributed by atoms with Crippen molar-refractivity contribution in [3.05, 3.63) is 15.9 Å². The van der Waals surface area contributed by atoms with E-state index in [1.165, 1.54) is 0 Å². The number of fused-ring (bicyclic) bond motifs is 1. The van der Waals surface area contributed by atoms with E-state index in [2.05, 4.69) is 27.5 Å². The summed E-state index contributed by atoms with van der Waals surface area (Å²) in [6.45, 7) is 6.04. The Labute approximate surface area is 140 Å². The number of hydrogen-bond donors (Lipinski definition) is 3. The number of carbonyl (C=O) groups is 2. The second kappa shape index (κ2) is 6.62. The van der Waals surface area contributed by atoms with Crippen LogP contribution in [0.25, 0.3) is 0 Å². The van der Waals surface area contributed by atoms with Crippen molar-refractivity contribution in [2.24, 2.45) is 5.92 Å². The summed E-state index contributed by atoms with van der Waals surface area (Å²) in [7, 11) is 0. The average Bonchev–Trinajstić information content (AvgIpc) is 2.53. The molecule has 0 unspecified atom stereocenters. The van der Waals surface area contributed by atoms with E-state index in [0.717, 1.165) is 25.9 Å². The number of aromatic amines is 1. The molecule has 1 saturated heterocycles. The molecule has 0 spiro atoms. The minimum absolute atomic E-state index is 0.0380. The molecule has 2 amide bonds. The molecule has 1 aromatic heterocycles. The molecule has 1 fully saturated rings. The third-order valence-corrected chi connectivity index (χ3v) is 4.56. The zero-order valence-electron chi connectivity index (χ0n) is 14.0. The standard InChI is InChI=1S/C16H23N5O3/c1-3-17-14(23)10-7-11(22)18-13-12(10)15(24)20-16(19-13)21-6-4-5-9(2)8-21/h9-10H,3-8H2,1-2H3,(H,17,23)(H2,18,19,20,22,24)/t9-,10-/m1/s1. The molecule has 3 heterocycles. The molecule has 130 valence electrons. The molecule has 8 heteroatoms. The number of aromatic nitrogens is 2. The number of hydrogen-bond acceptors (Lipinski definition) is 5. The fraction of sp³-hybridized carbons (Fsp3) is 0.625. The molecule has 24 heavy (non-hydrogen) atoms. The van der Waals surface area contributed by atoms with Crippen LogP contribution in [0.3, 0.4) is 0 Å². The van der Waals surface area contributed by atoms with Crippen molar-refractivity contribution < 1.29 is 9.59 Å². The van der Waals surface area contributed by atoms with E-state index in [-0.39, 0.29) is 35.2 Å². The Hall–Kier alpha value is -2.38. The predicted octanol–water partition coefficient (Wildman–Crippen LogP) is 0.568. The summed E-state index contributed by atoms with van der Waals surface area (Å²) >= 11 is 0. The van der Waals surface area contributed by atoms with E-state index in [1.807, 2.05) is 4.90 Å². The molecule has 2 atom stereocenters. The number of amides is 2. The Balaban J connectivity index is 1.98. The molecule has 1 aromatic rings. The molecular formula is C16H23N5O3. The zero-order chi connectivity index (χ0) is 17.3. The van der Waals surface area contributed by atoms with Crippen molar-refractivity contribution in [1.29, 1.82) is 0 Å². The summed E-state index contributed by atoms with van der Waals surface area (Å²) in [5.74, 6) is -0.214. The van der Waals surface area contributed by atoms with Crippen LogP contribution in [0.1, 0.15) is 44.6 Å². The van der Waals surface area contributed by atoms with E-state index in [9.17, 15) is 14.4 Å². The Morgan fingerprint density at radius 3 is 2.92 bits per heavy atom. The van der Waals surface area contributed by atoms with Gasteiger partial charge in [0, 0.05) is 26.1 Å². The van der Waals surface area contributed by atoms with Crippen LogP contribution in [0.15, 0.2) is 4.79 Å². The smallest absolute Gasteiger partial charge is 0.258 e. The first-order valence-electron chi connectivity index (χ1n) is 8.46. The third-order valence-electron chi connectivity index (χ3n) is 4.56. The van der Waals surface area contributed by atoms with Gasteiger partial charge in [-0.1, -0.05) is 6.92 Å². The predicted molar refractivity (Wildman–Crippen MR) is 90.1 cm³/mol. The van der Waals surface area contributed by atoms with Gasteiger partial charge in [0.25, 0.3) is 5.56 Å². The number of nitrogens with zero attached hydrogens (tertiary/aromatic N) is 2. The Kier molecular flexibility index (Phi) is 4.55. The minimum atomic E-state index is -0.792. The van der Waals surface area contributed by atoms with Crippen LogP contribution in [0.2, 0.25) is 0 Å².